The van der Waals surface area contributed by atoms with E-state index in [-0.39, 0.29) is 55.1 Å². The van der Waals surface area contributed by atoms with Crippen LogP contribution in [0, 0.1) is 5.82 Å². The smallest absolute Gasteiger partial charge is 0.407 e. The fourth-order valence-corrected chi connectivity index (χ4v) is 4.40. The van der Waals surface area contributed by atoms with Crippen molar-refractivity contribution in [1.82, 2.24) is 10.2 Å². The number of alkyl carbamates (subject to hydrolysis) is 1. The van der Waals surface area contributed by atoms with Crippen LogP contribution in [0.15, 0.2) is 42.5 Å². The highest BCUT2D eigenvalue weighted by Gasteiger charge is 2.64. The van der Waals surface area contributed by atoms with Gasteiger partial charge in [-0.05, 0) is 36.1 Å². The molecular weight excluding hydrogens is 416 g/mol. The lowest BCUT2D eigenvalue weighted by molar-refractivity contribution is -0.160. The Morgan fingerprint density at radius 3 is 2.42 bits per heavy atom. The minimum atomic E-state index is -4.35. The van der Waals surface area contributed by atoms with Gasteiger partial charge in [-0.1, -0.05) is 30.3 Å². The first-order chi connectivity index (χ1) is 14.6. The fraction of sp³-hybridized carbons (Fsp3) is 0.364. The topological polar surface area (TPSA) is 58.6 Å². The Morgan fingerprint density at radius 1 is 1.10 bits per heavy atom. The number of carbonyl (C=O) groups excluding carboxylic acids is 2. The zero-order valence-electron chi connectivity index (χ0n) is 16.3. The molecule has 162 valence electrons. The first kappa shape index (κ1) is 19.8. The Kier molecular flexibility index (Phi) is 4.13. The quantitative estimate of drug-likeness (QED) is 0.743. The van der Waals surface area contributed by atoms with Gasteiger partial charge in [0, 0.05) is 24.2 Å². The first-order valence-corrected chi connectivity index (χ1v) is 9.84. The average molecular weight is 434 g/mol. The molecule has 9 heteroatoms. The standard InChI is InChI=1S/C22H18F4N2O3/c23-17-9-14(18(29)28-10-20(11-28)12-31-19(30)27-20)4-5-16(17)13-2-1-3-15(8-13)21(6-7-21)22(24,25)26/h1-5,8-9H,6-7,10-12H2,(H,27,30). The van der Waals surface area contributed by atoms with E-state index in [0.717, 1.165) is 6.07 Å². The van der Waals surface area contributed by atoms with Gasteiger partial charge in [-0.25, -0.2) is 9.18 Å². The number of amides is 2. The summed E-state index contributed by atoms with van der Waals surface area (Å²) in [5.41, 5.74) is -1.70. The number of alkyl halides is 3. The summed E-state index contributed by atoms with van der Waals surface area (Å²) in [5, 5.41) is 2.67. The predicted molar refractivity (Wildman–Crippen MR) is 102 cm³/mol. The molecule has 0 aromatic heterocycles. The van der Waals surface area contributed by atoms with E-state index >= 15 is 0 Å². The van der Waals surface area contributed by atoms with Crippen LogP contribution in [0.2, 0.25) is 0 Å². The second-order valence-corrected chi connectivity index (χ2v) is 8.50. The summed E-state index contributed by atoms with van der Waals surface area (Å²) in [6, 6.07) is 9.80. The van der Waals surface area contributed by atoms with Crippen molar-refractivity contribution in [2.45, 2.75) is 30.0 Å². The van der Waals surface area contributed by atoms with E-state index in [9.17, 15) is 27.2 Å². The monoisotopic (exact) mass is 434 g/mol. The Labute approximate surface area is 175 Å². The molecule has 0 radical (unpaired) electrons. The van der Waals surface area contributed by atoms with Crippen LogP contribution in [-0.2, 0) is 10.2 Å². The van der Waals surface area contributed by atoms with Crippen LogP contribution in [0.4, 0.5) is 22.4 Å². The maximum absolute atomic E-state index is 14.8. The molecule has 2 heterocycles. The largest absolute Gasteiger partial charge is 0.447 e. The number of hydrogen-bond acceptors (Lipinski definition) is 3. The predicted octanol–water partition coefficient (Wildman–Crippen LogP) is 4.02. The summed E-state index contributed by atoms with van der Waals surface area (Å²) in [4.78, 5) is 25.3. The molecule has 2 saturated heterocycles. The second kappa shape index (κ2) is 6.45. The molecule has 1 aliphatic carbocycles. The number of benzene rings is 2. The maximum atomic E-state index is 14.8. The Bertz CT molecular complexity index is 1090. The fourth-order valence-electron chi connectivity index (χ4n) is 4.40. The van der Waals surface area contributed by atoms with E-state index in [1.54, 1.807) is 6.07 Å². The average Bonchev–Trinajstić information content (AvgIpc) is 3.43. The summed E-state index contributed by atoms with van der Waals surface area (Å²) < 4.78 is 60.0. The number of nitrogens with one attached hydrogen (secondary N) is 1. The van der Waals surface area contributed by atoms with Crippen LogP contribution in [0.3, 0.4) is 0 Å². The van der Waals surface area contributed by atoms with Gasteiger partial charge in [0.05, 0.1) is 5.41 Å². The molecule has 2 aromatic rings. The molecule has 1 saturated carbocycles. The van der Waals surface area contributed by atoms with Crippen molar-refractivity contribution >= 4 is 12.0 Å². The van der Waals surface area contributed by atoms with Gasteiger partial charge in [-0.3, -0.25) is 4.79 Å². The highest BCUT2D eigenvalue weighted by Crippen LogP contribution is 2.59. The van der Waals surface area contributed by atoms with E-state index in [1.165, 1.54) is 35.2 Å². The number of likely N-dealkylation sites (tertiary alicyclic amines) is 1. The van der Waals surface area contributed by atoms with Crippen molar-refractivity contribution in [3.63, 3.8) is 0 Å². The second-order valence-electron chi connectivity index (χ2n) is 8.50. The highest BCUT2D eigenvalue weighted by atomic mass is 19.4. The van der Waals surface area contributed by atoms with E-state index in [1.807, 2.05) is 0 Å². The number of cyclic esters (lactones) is 1. The van der Waals surface area contributed by atoms with Crippen molar-refractivity contribution in [3.05, 3.63) is 59.4 Å². The Balaban J connectivity index is 1.36. The Hall–Kier alpha value is -3.10. The first-order valence-electron chi connectivity index (χ1n) is 9.84. The van der Waals surface area contributed by atoms with Gasteiger partial charge < -0.3 is 15.0 Å². The zero-order valence-corrected chi connectivity index (χ0v) is 16.3. The summed E-state index contributed by atoms with van der Waals surface area (Å²) in [6.45, 7) is 0.712. The molecule has 5 nitrogen and oxygen atoms in total. The van der Waals surface area contributed by atoms with Crippen LogP contribution in [0.25, 0.3) is 11.1 Å². The van der Waals surface area contributed by atoms with Gasteiger partial charge in [0.2, 0.25) is 0 Å². The van der Waals surface area contributed by atoms with Crippen molar-refractivity contribution in [2.24, 2.45) is 0 Å². The molecule has 0 bridgehead atoms. The van der Waals surface area contributed by atoms with Gasteiger partial charge in [0.25, 0.3) is 5.91 Å². The van der Waals surface area contributed by atoms with Crippen molar-refractivity contribution in [3.8, 4) is 11.1 Å². The molecule has 2 amide bonds. The lowest BCUT2D eigenvalue weighted by Crippen LogP contribution is -2.69. The number of halogens is 4. The van der Waals surface area contributed by atoms with Crippen molar-refractivity contribution in [2.75, 3.05) is 19.7 Å². The number of carbonyl (C=O) groups is 2. The third kappa shape index (κ3) is 3.14. The molecule has 2 aromatic carbocycles. The summed E-state index contributed by atoms with van der Waals surface area (Å²) >= 11 is 0. The maximum Gasteiger partial charge on any atom is 0.407 e. The van der Waals surface area contributed by atoms with E-state index < -0.39 is 29.0 Å². The molecule has 3 aliphatic rings. The van der Waals surface area contributed by atoms with Crippen LogP contribution >= 0.6 is 0 Å². The van der Waals surface area contributed by atoms with Crippen LogP contribution < -0.4 is 5.32 Å². The molecule has 5 rings (SSSR count). The molecular formula is C22H18F4N2O3. The van der Waals surface area contributed by atoms with Crippen molar-refractivity contribution < 1.29 is 31.9 Å². The lowest BCUT2D eigenvalue weighted by atomic mass is 9.90. The van der Waals surface area contributed by atoms with Crippen LogP contribution in [-0.4, -0.2) is 48.3 Å². The molecule has 1 N–H and O–H groups in total. The van der Waals surface area contributed by atoms with E-state index in [0.29, 0.717) is 5.56 Å². The number of nitrogens with zero attached hydrogens (tertiary/aromatic N) is 1. The summed E-state index contributed by atoms with van der Waals surface area (Å²) in [6.07, 6.45) is -4.82. The van der Waals surface area contributed by atoms with Crippen LogP contribution in [0.5, 0.6) is 0 Å². The lowest BCUT2D eigenvalue weighted by Gasteiger charge is -2.45. The molecule has 0 atom stereocenters. The minimum Gasteiger partial charge on any atom is -0.447 e. The number of hydrogen-bond donors (Lipinski definition) is 1. The van der Waals surface area contributed by atoms with Gasteiger partial charge in [-0.15, -0.1) is 0 Å². The third-order valence-corrected chi connectivity index (χ3v) is 6.36. The zero-order chi connectivity index (χ0) is 22.0. The SMILES string of the molecule is O=C1NC2(CO1)CN(C(=O)c1ccc(-c3cccc(C4(C(F)(F)F)CC4)c3)c(F)c1)C2. The minimum absolute atomic E-state index is 0.0265. The molecule has 31 heavy (non-hydrogen) atoms. The Morgan fingerprint density at radius 2 is 1.84 bits per heavy atom. The van der Waals surface area contributed by atoms with E-state index in [2.05, 4.69) is 5.32 Å². The van der Waals surface area contributed by atoms with Crippen LogP contribution in [0.1, 0.15) is 28.8 Å². The normalized spacial score (nSPS) is 20.8. The number of rotatable bonds is 3. The van der Waals surface area contributed by atoms with E-state index in [4.69, 9.17) is 4.74 Å². The molecule has 3 fully saturated rings. The molecule has 0 unspecified atom stereocenters. The van der Waals surface area contributed by atoms with Gasteiger partial charge >= 0.3 is 12.3 Å². The summed E-state index contributed by atoms with van der Waals surface area (Å²) in [5.74, 6) is -1.08. The molecule has 1 spiro atoms. The van der Waals surface area contributed by atoms with Gasteiger partial charge in [0.15, 0.2) is 0 Å². The van der Waals surface area contributed by atoms with Gasteiger partial charge in [0.1, 0.15) is 18.0 Å². The number of ether oxygens (including phenoxy) is 1. The van der Waals surface area contributed by atoms with Gasteiger partial charge in [-0.2, -0.15) is 13.2 Å². The van der Waals surface area contributed by atoms with Crippen molar-refractivity contribution in [1.29, 1.82) is 0 Å². The highest BCUT2D eigenvalue weighted by molar-refractivity contribution is 5.95. The molecule has 2 aliphatic heterocycles. The third-order valence-electron chi connectivity index (χ3n) is 6.36. The summed E-state index contributed by atoms with van der Waals surface area (Å²) in [7, 11) is 0.